The molecule has 4 aliphatic rings. The number of carbonyl (C=O) groups excluding carboxylic acids is 5. The van der Waals surface area contributed by atoms with Crippen molar-refractivity contribution in [1.82, 2.24) is 54.7 Å². The summed E-state index contributed by atoms with van der Waals surface area (Å²) in [6, 6.07) is 59.6. The predicted molar refractivity (Wildman–Crippen MR) is 567 cm³/mol. The van der Waals surface area contributed by atoms with Crippen LogP contribution in [0.5, 0.6) is 0 Å². The number of nitrogen functional groups attached to an aromatic ring is 4. The minimum absolute atomic E-state index is 0.000748. The maximum Gasteiger partial charge on any atom is 0.222 e. The fourth-order valence-electron chi connectivity index (χ4n) is 18.2. The number of halogens is 4. The highest BCUT2D eigenvalue weighted by Gasteiger charge is 2.26. The van der Waals surface area contributed by atoms with Crippen LogP contribution in [0.1, 0.15) is 145 Å². The molecule has 0 aliphatic carbocycles. The molecule has 13 heterocycles. The van der Waals surface area contributed by atoms with Crippen molar-refractivity contribution in [1.29, 1.82) is 0 Å². The van der Waals surface area contributed by atoms with Crippen molar-refractivity contribution in [2.75, 3.05) is 144 Å². The smallest absolute Gasteiger partial charge is 0.222 e. The van der Waals surface area contributed by atoms with Crippen LogP contribution >= 0.6 is 46.4 Å². The summed E-state index contributed by atoms with van der Waals surface area (Å²) in [5.74, 6) is 4.93. The lowest BCUT2D eigenvalue weighted by molar-refractivity contribution is -0.127. The Morgan fingerprint density at radius 3 is 1.22 bits per heavy atom. The third-order valence-corrected chi connectivity index (χ3v) is 26.9. The van der Waals surface area contributed by atoms with Crippen molar-refractivity contribution in [3.8, 4) is 0 Å². The molecule has 27 nitrogen and oxygen atoms in total. The number of nitrogens with zero attached hydrogens (tertiary/aromatic N) is 14. The number of likely N-dealkylation sites (N-methyl/N-ethyl adjacent to an activating group) is 1. The van der Waals surface area contributed by atoms with Gasteiger partial charge in [-0.05, 0) is 211 Å². The van der Waals surface area contributed by atoms with Crippen molar-refractivity contribution in [3.63, 3.8) is 0 Å². The van der Waals surface area contributed by atoms with Gasteiger partial charge in [-0.15, -0.1) is 0 Å². The lowest BCUT2D eigenvalue weighted by atomic mass is 9.96. The van der Waals surface area contributed by atoms with Gasteiger partial charge in [0.25, 0.3) is 0 Å². The number of nitrogens with two attached hydrogens (primary N) is 4. The Balaban J connectivity index is 0.000000135. The number of amides is 1. The van der Waals surface area contributed by atoms with Gasteiger partial charge in [0.15, 0.2) is 23.1 Å². The first-order valence-corrected chi connectivity index (χ1v) is 49.1. The largest absolute Gasteiger partial charge is 0.383 e. The Labute approximate surface area is 834 Å². The number of pyridine rings is 9. The number of benzene rings is 6. The van der Waals surface area contributed by atoms with Gasteiger partial charge in [0.2, 0.25) is 5.91 Å². The van der Waals surface area contributed by atoms with Crippen molar-refractivity contribution >= 4 is 182 Å². The van der Waals surface area contributed by atoms with E-state index in [-0.39, 0.29) is 29.0 Å². The number of ketones is 4. The molecule has 0 radical (unpaired) electrons. The zero-order valence-corrected chi connectivity index (χ0v) is 81.3. The second kappa shape index (κ2) is 47.9. The Morgan fingerprint density at radius 1 is 0.371 bits per heavy atom. The van der Waals surface area contributed by atoms with E-state index in [9.17, 15) is 24.0 Å². The van der Waals surface area contributed by atoms with Crippen LogP contribution in [-0.2, 0) is 43.6 Å². The summed E-state index contributed by atoms with van der Waals surface area (Å²) in [5.41, 5.74) is 36.1. The van der Waals surface area contributed by atoms with Crippen LogP contribution in [0.2, 0.25) is 20.1 Å². The van der Waals surface area contributed by atoms with E-state index < -0.39 is 0 Å². The van der Waals surface area contributed by atoms with Crippen molar-refractivity contribution < 1.29 is 24.0 Å². The van der Waals surface area contributed by atoms with Gasteiger partial charge in [-0.2, -0.15) is 0 Å². The van der Waals surface area contributed by atoms with Crippen LogP contribution in [-0.4, -0.2) is 169 Å². The molecule has 0 saturated carbocycles. The van der Waals surface area contributed by atoms with E-state index in [0.717, 1.165) is 156 Å². The van der Waals surface area contributed by atoms with Gasteiger partial charge in [0, 0.05) is 224 Å². The number of aromatic nitrogens is 9. The Kier molecular flexibility index (Phi) is 33.8. The van der Waals surface area contributed by atoms with E-state index >= 15 is 0 Å². The zero-order chi connectivity index (χ0) is 97.4. The van der Waals surface area contributed by atoms with Gasteiger partial charge in [0.05, 0.1) is 42.3 Å². The fraction of sp³-hybridized carbons (Fsp3) is 0.284. The molecule has 0 atom stereocenters. The third-order valence-electron chi connectivity index (χ3n) is 26.0. The second-order valence-corrected chi connectivity index (χ2v) is 37.4. The zero-order valence-electron chi connectivity index (χ0n) is 78.3. The Hall–Kier alpha value is -14.2. The van der Waals surface area contributed by atoms with Crippen LogP contribution in [0, 0.1) is 5.92 Å². The maximum atomic E-state index is 13.3. The minimum Gasteiger partial charge on any atom is -0.383 e. The topological polar surface area (TPSA) is 370 Å². The molecule has 12 N–H and O–H groups in total. The van der Waals surface area contributed by atoms with Gasteiger partial charge in [-0.1, -0.05) is 150 Å². The quantitative estimate of drug-likeness (QED) is 0.0182. The molecule has 718 valence electrons. The normalized spacial score (nSPS) is 13.9. The van der Waals surface area contributed by atoms with Gasteiger partial charge >= 0.3 is 0 Å². The van der Waals surface area contributed by atoms with Crippen LogP contribution in [0.4, 0.5) is 63.6 Å². The molecule has 4 fully saturated rings. The molecule has 4 saturated heterocycles. The van der Waals surface area contributed by atoms with Gasteiger partial charge < -0.3 is 68.7 Å². The number of nitrogens with one attached hydrogen (secondary N) is 4. The lowest BCUT2D eigenvalue weighted by Gasteiger charge is -2.35. The number of Topliss-reactive ketones (excluding diaryl/α,β-unsaturated/α-hetero) is 4. The summed E-state index contributed by atoms with van der Waals surface area (Å²) < 4.78 is 0. The van der Waals surface area contributed by atoms with Crippen LogP contribution < -0.4 is 58.9 Å². The molecule has 140 heavy (non-hydrogen) atoms. The molecule has 15 aromatic rings. The van der Waals surface area contributed by atoms with Gasteiger partial charge in [0.1, 0.15) is 46.5 Å². The molecule has 0 bridgehead atoms. The number of aryl methyl sites for hydroxylation is 4. The highest BCUT2D eigenvalue weighted by molar-refractivity contribution is 6.32. The highest BCUT2D eigenvalue weighted by atomic mass is 35.5. The molecule has 1 amide bonds. The van der Waals surface area contributed by atoms with E-state index in [1.165, 1.54) is 48.1 Å². The van der Waals surface area contributed by atoms with Crippen molar-refractivity contribution in [3.05, 3.63) is 320 Å². The van der Waals surface area contributed by atoms with Crippen LogP contribution in [0.3, 0.4) is 0 Å². The number of likely N-dealkylation sites (tertiary alicyclic amines) is 1. The number of rotatable bonds is 32. The number of hydrogen-bond donors (Lipinski definition) is 8. The molecular formula is C109H114Cl4N22O5. The molecule has 19 rings (SSSR count). The fourth-order valence-corrected chi connectivity index (χ4v) is 18.8. The first-order valence-electron chi connectivity index (χ1n) is 47.6. The van der Waals surface area contributed by atoms with E-state index in [1.807, 2.05) is 102 Å². The number of piperidine rings is 2. The molecular weight excluding hydrogens is 1840 g/mol. The summed E-state index contributed by atoms with van der Waals surface area (Å²) in [7, 11) is 2.16. The SMILES string of the molecule is CN1CCN(c2ccccc2CNc2ncc(Cl)cc2C(=O)CCc2ccc3c(N)nccc3c2)CC1.Nc1nccc2cc(CCC(=O)c3cc(Cl)cnc3NCC3CCN(c4ccncc4)CC3)ccc12.Nc1nccc2cc(CCC(=O)c3cc(Cl)cnc3NCCN3CCCC3=O)ccc12.Nc1nccc2cc(CCC(=O)c3cc(Cl)cnc3NCc3cccc(N4CCCCC4)c3)ccc12. The van der Waals surface area contributed by atoms with Crippen molar-refractivity contribution in [2.45, 2.75) is 109 Å². The summed E-state index contributed by atoms with van der Waals surface area (Å²) in [4.78, 5) is 114. The van der Waals surface area contributed by atoms with E-state index in [0.29, 0.717) is 179 Å². The highest BCUT2D eigenvalue weighted by Crippen LogP contribution is 2.34. The number of fused-ring (bicyclic) bond motifs is 4. The summed E-state index contributed by atoms with van der Waals surface area (Å²) in [6.45, 7) is 12.1. The first kappa shape index (κ1) is 98.8. The number of piperazine rings is 1. The molecule has 9 aromatic heterocycles. The van der Waals surface area contributed by atoms with E-state index in [2.05, 4.69) is 166 Å². The van der Waals surface area contributed by atoms with Crippen LogP contribution in [0.15, 0.2) is 244 Å². The number of anilines is 11. The van der Waals surface area contributed by atoms with E-state index in [1.54, 1.807) is 67.6 Å². The minimum atomic E-state index is -0.0379. The Bertz CT molecular complexity index is 6920. The summed E-state index contributed by atoms with van der Waals surface area (Å²) >= 11 is 24.8. The Morgan fingerprint density at radius 2 is 0.786 bits per heavy atom. The average Bonchev–Trinajstić information content (AvgIpc) is 1.89. The molecule has 0 spiro atoms. The van der Waals surface area contributed by atoms with Gasteiger partial charge in [-0.3, -0.25) is 29.0 Å². The standard InChI is InChI=1S/C29H31ClN6O.C29H30ClN5O.C28H29ClN6O.C23H24ClN5O2/c1-35-12-14-36(15-13-35)26-5-3-2-4-22(26)18-33-29-25(17-23(30)19-34-29)27(37)9-7-20-6-8-24-21(16-20)10-11-32-28(24)31;30-23-17-26(27(36)10-8-20-7-9-25-22(15-20)11-12-32-28(25)31)29(34-19-23)33-18-21-5-4-6-24(16-21)35-13-2-1-3-14-35;29-22-16-25(26(36)4-2-19-1-3-24-21(15-19)5-12-32-27(24)30)28(34-18-22)33-17-20-8-13-35(14-9-20)23-6-10-31-11-7-23;24-17-13-19(23(28-14-17)27-9-11-29-10-1-2-21(29)31)20(30)6-4-15-3-5-18-16(12-15)7-8-26-22(18)25/h2-6,8,10-11,16-17,19H,7,9,12-15,18H2,1H3,(H2,31,32)(H,33,34);4-7,9,11-12,15-17,19H,1-3,8,10,13-14,18H2,(H2,31,32)(H,33,34);1,3,5-7,10-12,15-16,18,20H,2,4,8-9,13-14,17H2,(H2,30,32)(H,33,34);3,5,7-8,12-14H,1-2,4,6,9-11H2,(H2,25,26)(H,27,28). The number of para-hydroxylation sites is 1. The predicted octanol–water partition coefficient (Wildman–Crippen LogP) is 20.4. The lowest BCUT2D eigenvalue weighted by Crippen LogP contribution is -2.44. The summed E-state index contributed by atoms with van der Waals surface area (Å²) in [5, 5.41) is 22.9. The third kappa shape index (κ3) is 26.4. The van der Waals surface area contributed by atoms with E-state index in [4.69, 9.17) is 69.3 Å². The average molecular weight is 1950 g/mol. The van der Waals surface area contributed by atoms with Crippen LogP contribution in [0.25, 0.3) is 43.1 Å². The molecule has 4 aliphatic heterocycles. The second-order valence-electron chi connectivity index (χ2n) is 35.7. The monoisotopic (exact) mass is 1950 g/mol. The first-order chi connectivity index (χ1) is 68.1. The summed E-state index contributed by atoms with van der Waals surface area (Å²) in [6.07, 6.45) is 28.0. The molecule has 31 heteroatoms. The number of hydrogen-bond acceptors (Lipinski definition) is 26. The number of carbonyl (C=O) groups is 5. The maximum absolute atomic E-state index is 13.3. The van der Waals surface area contributed by atoms with Gasteiger partial charge in [-0.25, -0.2) is 39.9 Å². The molecule has 6 aromatic carbocycles. The van der Waals surface area contributed by atoms with Crippen molar-refractivity contribution in [2.24, 2.45) is 5.92 Å². The molecule has 0 unspecified atom stereocenters.